The first-order valence-corrected chi connectivity index (χ1v) is 8.55. The van der Waals surface area contributed by atoms with Crippen LogP contribution < -0.4 is 10.2 Å². The molecule has 0 amide bonds. The Kier molecular flexibility index (Phi) is 5.07. The normalized spacial score (nSPS) is 12.5. The molecule has 0 saturated heterocycles. The van der Waals surface area contributed by atoms with E-state index in [0.29, 0.717) is 5.69 Å². The third-order valence-corrected chi connectivity index (χ3v) is 4.90. The highest BCUT2D eigenvalue weighted by Crippen LogP contribution is 2.35. The predicted molar refractivity (Wildman–Crippen MR) is 99.5 cm³/mol. The number of ether oxygens (including phenoxy) is 1. The van der Waals surface area contributed by atoms with Crippen LogP contribution in [-0.4, -0.2) is 22.7 Å². The quantitative estimate of drug-likeness (QED) is 0.369. The van der Waals surface area contributed by atoms with Gasteiger partial charge in [-0.15, -0.1) is 11.6 Å². The predicted octanol–water partition coefficient (Wildman–Crippen LogP) is 5.15. The van der Waals surface area contributed by atoms with Gasteiger partial charge < -0.3 is 4.74 Å². The summed E-state index contributed by atoms with van der Waals surface area (Å²) in [5, 5.41) is 11.7. The molecular weight excluding hydrogens is 324 g/mol. The van der Waals surface area contributed by atoms with Crippen LogP contribution in [0, 0.1) is 0 Å². The van der Waals surface area contributed by atoms with Crippen molar-refractivity contribution in [2.45, 2.75) is 31.6 Å². The molecule has 1 heterocycles. The molecule has 4 nitrogen and oxygen atoms in total. The average Bonchev–Trinajstić information content (AvgIpc) is 2.63. The topological polar surface area (TPSA) is 54.4 Å². The summed E-state index contributed by atoms with van der Waals surface area (Å²) in [5.41, 5.74) is 5.81. The van der Waals surface area contributed by atoms with Gasteiger partial charge in [0.25, 0.3) is 0 Å². The van der Waals surface area contributed by atoms with Gasteiger partial charge in [0.05, 0.1) is 23.8 Å². The molecule has 3 rings (SSSR count). The number of aromatic nitrogens is 1. The fourth-order valence-corrected chi connectivity index (χ4v) is 3.12. The van der Waals surface area contributed by atoms with Crippen LogP contribution in [0.5, 0.6) is 5.75 Å². The maximum Gasteiger partial charge on any atom is 0.121 e. The van der Waals surface area contributed by atoms with Gasteiger partial charge in [-0.05, 0) is 43.0 Å². The summed E-state index contributed by atoms with van der Waals surface area (Å²) in [6.07, 6.45) is 2.68. The van der Waals surface area contributed by atoms with E-state index < -0.39 is 0 Å². The van der Waals surface area contributed by atoms with Crippen molar-refractivity contribution in [1.29, 1.82) is 0 Å². The molecular formula is C19H21ClN2O2. The van der Waals surface area contributed by atoms with Gasteiger partial charge in [-0.1, -0.05) is 19.1 Å². The van der Waals surface area contributed by atoms with E-state index in [1.807, 2.05) is 30.3 Å². The smallest absolute Gasteiger partial charge is 0.121 e. The Hall–Kier alpha value is -2.04. The van der Waals surface area contributed by atoms with Crippen LogP contribution in [0.4, 0.5) is 5.69 Å². The number of aryl methyl sites for hydroxylation is 1. The van der Waals surface area contributed by atoms with Crippen LogP contribution in [0.3, 0.4) is 0 Å². The van der Waals surface area contributed by atoms with E-state index in [1.165, 1.54) is 0 Å². The molecule has 5 heteroatoms. The molecule has 3 aromatic rings. The van der Waals surface area contributed by atoms with Crippen LogP contribution >= 0.6 is 11.6 Å². The summed E-state index contributed by atoms with van der Waals surface area (Å²) in [7, 11) is 1.63. The van der Waals surface area contributed by atoms with Gasteiger partial charge in [0, 0.05) is 22.2 Å². The summed E-state index contributed by atoms with van der Waals surface area (Å²) in [5.74, 6) is 0.738. The van der Waals surface area contributed by atoms with Crippen molar-refractivity contribution in [3.8, 4) is 5.75 Å². The number of anilines is 1. The molecule has 0 spiro atoms. The van der Waals surface area contributed by atoms with E-state index in [0.717, 1.165) is 52.4 Å². The number of pyridine rings is 1. The van der Waals surface area contributed by atoms with Crippen molar-refractivity contribution < 1.29 is 9.94 Å². The second-order valence-corrected chi connectivity index (χ2v) is 6.45. The van der Waals surface area contributed by atoms with Crippen molar-refractivity contribution >= 4 is 39.1 Å². The molecule has 0 radical (unpaired) electrons. The third-order valence-electron chi connectivity index (χ3n) is 4.38. The van der Waals surface area contributed by atoms with Crippen molar-refractivity contribution in [3.63, 3.8) is 0 Å². The number of hydrogen-bond donors (Lipinski definition) is 2. The molecule has 0 aliphatic heterocycles. The second kappa shape index (κ2) is 7.24. The Morgan fingerprint density at radius 1 is 1.25 bits per heavy atom. The summed E-state index contributed by atoms with van der Waals surface area (Å²) >= 11 is 6.27. The SMILES string of the molecule is CCC(Cl)CCc1cccc2nc3cc(OC)ccc3c(NO)c12. The summed E-state index contributed by atoms with van der Waals surface area (Å²) in [6.45, 7) is 2.09. The molecule has 0 saturated carbocycles. The number of hydrogen-bond acceptors (Lipinski definition) is 4. The largest absolute Gasteiger partial charge is 0.497 e. The Morgan fingerprint density at radius 2 is 2.08 bits per heavy atom. The zero-order chi connectivity index (χ0) is 17.1. The standard InChI is InChI=1S/C19H21ClN2O2/c1-3-13(20)8-7-12-5-4-6-16-18(12)19(22-23)15-10-9-14(24-2)11-17(15)21-16/h4-6,9-11,13,23H,3,7-8H2,1-2H3,(H,21,22). The molecule has 0 bridgehead atoms. The van der Waals surface area contributed by atoms with Crippen LogP contribution in [0.1, 0.15) is 25.3 Å². The van der Waals surface area contributed by atoms with Gasteiger partial charge >= 0.3 is 0 Å². The summed E-state index contributed by atoms with van der Waals surface area (Å²) < 4.78 is 5.27. The highest BCUT2D eigenvalue weighted by molar-refractivity contribution is 6.20. The van der Waals surface area contributed by atoms with Crippen molar-refractivity contribution in [3.05, 3.63) is 42.0 Å². The van der Waals surface area contributed by atoms with Crippen LogP contribution in [0.2, 0.25) is 0 Å². The van der Waals surface area contributed by atoms with Gasteiger partial charge in [0.2, 0.25) is 0 Å². The minimum Gasteiger partial charge on any atom is -0.497 e. The molecule has 0 aliphatic rings. The van der Waals surface area contributed by atoms with E-state index in [-0.39, 0.29) is 5.38 Å². The Morgan fingerprint density at radius 3 is 2.79 bits per heavy atom. The number of benzene rings is 2. The number of nitrogens with zero attached hydrogens (tertiary/aromatic N) is 1. The van der Waals surface area contributed by atoms with E-state index in [4.69, 9.17) is 21.3 Å². The van der Waals surface area contributed by atoms with Crippen molar-refractivity contribution in [2.24, 2.45) is 0 Å². The Balaban J connectivity index is 2.19. The number of nitrogens with one attached hydrogen (secondary N) is 1. The number of rotatable bonds is 6. The molecule has 2 aromatic carbocycles. The third kappa shape index (κ3) is 3.12. The van der Waals surface area contributed by atoms with Gasteiger partial charge in [-0.25, -0.2) is 4.98 Å². The maximum absolute atomic E-state index is 9.77. The van der Waals surface area contributed by atoms with E-state index in [2.05, 4.69) is 18.5 Å². The molecule has 24 heavy (non-hydrogen) atoms. The molecule has 0 aliphatic carbocycles. The summed E-state index contributed by atoms with van der Waals surface area (Å²) in [4.78, 5) is 4.74. The fraction of sp³-hybridized carbons (Fsp3) is 0.316. The molecule has 1 atom stereocenters. The second-order valence-electron chi connectivity index (χ2n) is 5.84. The van der Waals surface area contributed by atoms with E-state index in [1.54, 1.807) is 7.11 Å². The first-order valence-electron chi connectivity index (χ1n) is 8.11. The van der Waals surface area contributed by atoms with Crippen LogP contribution in [-0.2, 0) is 6.42 Å². The molecule has 126 valence electrons. The summed E-state index contributed by atoms with van der Waals surface area (Å²) in [6, 6.07) is 11.7. The van der Waals surface area contributed by atoms with E-state index in [9.17, 15) is 5.21 Å². The van der Waals surface area contributed by atoms with E-state index >= 15 is 0 Å². The van der Waals surface area contributed by atoms with Gasteiger partial charge in [-0.3, -0.25) is 10.7 Å². The van der Waals surface area contributed by atoms with Crippen molar-refractivity contribution in [2.75, 3.05) is 12.6 Å². The minimum atomic E-state index is 0.156. The van der Waals surface area contributed by atoms with Crippen LogP contribution in [0.25, 0.3) is 21.8 Å². The highest BCUT2D eigenvalue weighted by Gasteiger charge is 2.14. The minimum absolute atomic E-state index is 0.156. The molecule has 2 N–H and O–H groups in total. The Bertz CT molecular complexity index is 867. The lowest BCUT2D eigenvalue weighted by Crippen LogP contribution is -2.02. The fourth-order valence-electron chi connectivity index (χ4n) is 3.02. The van der Waals surface area contributed by atoms with Crippen LogP contribution in [0.15, 0.2) is 36.4 Å². The Labute approximate surface area is 146 Å². The number of halogens is 1. The first-order chi connectivity index (χ1) is 11.7. The lowest BCUT2D eigenvalue weighted by Gasteiger charge is -2.14. The lowest BCUT2D eigenvalue weighted by atomic mass is 9.99. The molecule has 1 aromatic heterocycles. The van der Waals surface area contributed by atoms with Gasteiger partial charge in [-0.2, -0.15) is 0 Å². The average molecular weight is 345 g/mol. The first kappa shape index (κ1) is 16.8. The maximum atomic E-state index is 9.77. The monoisotopic (exact) mass is 344 g/mol. The zero-order valence-electron chi connectivity index (χ0n) is 13.8. The van der Waals surface area contributed by atoms with Crippen molar-refractivity contribution in [1.82, 2.24) is 4.98 Å². The van der Waals surface area contributed by atoms with Gasteiger partial charge in [0.15, 0.2) is 0 Å². The molecule has 1 unspecified atom stereocenters. The lowest BCUT2D eigenvalue weighted by molar-refractivity contribution is 0.390. The zero-order valence-corrected chi connectivity index (χ0v) is 14.6. The highest BCUT2D eigenvalue weighted by atomic mass is 35.5. The number of methoxy groups -OCH3 is 1. The van der Waals surface area contributed by atoms with Gasteiger partial charge in [0.1, 0.15) is 5.75 Å². The molecule has 0 fully saturated rings. The number of fused-ring (bicyclic) bond motifs is 2. The number of alkyl halides is 1.